The number of hydrogen-bond donors (Lipinski definition) is 4. The maximum Gasteiger partial charge on any atom is 0.275 e. The Hall–Kier alpha value is -3.37. The Bertz CT molecular complexity index is 1390. The lowest BCUT2D eigenvalue weighted by atomic mass is 9.88. The highest BCUT2D eigenvalue weighted by Gasteiger charge is 2.62. The molecule has 0 spiro atoms. The summed E-state index contributed by atoms with van der Waals surface area (Å²) in [6.07, 6.45) is 0.432. The van der Waals surface area contributed by atoms with Gasteiger partial charge in [-0.15, -0.1) is 0 Å². The number of aromatic nitrogens is 2. The number of fused-ring (bicyclic) bond motifs is 1. The zero-order chi connectivity index (χ0) is 26.7. The van der Waals surface area contributed by atoms with Gasteiger partial charge in [-0.05, 0) is 61.6 Å². The fraction of sp³-hybridized carbons (Fsp3) is 0.435. The van der Waals surface area contributed by atoms with Gasteiger partial charge in [-0.2, -0.15) is 5.26 Å². The van der Waals surface area contributed by atoms with Gasteiger partial charge in [-0.3, -0.25) is 18.7 Å². The van der Waals surface area contributed by atoms with Crippen LogP contribution in [0.15, 0.2) is 29.4 Å². The molecular weight excluding hydrogens is 495 g/mol. The highest BCUT2D eigenvalue weighted by atomic mass is 32.3. The number of halogens is 3. The van der Waals surface area contributed by atoms with E-state index in [1.807, 2.05) is 6.07 Å². The second kappa shape index (κ2) is 8.35. The van der Waals surface area contributed by atoms with Gasteiger partial charge >= 0.3 is 0 Å². The molecule has 36 heavy (non-hydrogen) atoms. The first kappa shape index (κ1) is 25.7. The van der Waals surface area contributed by atoms with Gasteiger partial charge < -0.3 is 11.1 Å². The molecule has 9 nitrogen and oxygen atoms in total. The highest BCUT2D eigenvalue weighted by molar-refractivity contribution is 8.04. The van der Waals surface area contributed by atoms with Crippen LogP contribution in [0.1, 0.15) is 54.5 Å². The number of thiol groups is 1. The molecular formula is C23H26F3N7O2S. The molecule has 1 amide bonds. The van der Waals surface area contributed by atoms with Crippen molar-refractivity contribution in [2.24, 2.45) is 10.7 Å². The number of nitrogens with two attached hydrogens (primary N) is 1. The van der Waals surface area contributed by atoms with Gasteiger partial charge in [0.15, 0.2) is 0 Å². The molecule has 0 unspecified atom stereocenters. The van der Waals surface area contributed by atoms with Crippen LogP contribution in [0.4, 0.5) is 19.0 Å². The summed E-state index contributed by atoms with van der Waals surface area (Å²) in [5.41, 5.74) is 4.73. The van der Waals surface area contributed by atoms with Crippen LogP contribution < -0.4 is 15.8 Å². The van der Waals surface area contributed by atoms with Crippen molar-refractivity contribution in [1.29, 1.82) is 5.26 Å². The van der Waals surface area contributed by atoms with Crippen LogP contribution in [0.25, 0.3) is 0 Å². The Balaban J connectivity index is 1.78. The number of anilines is 1. The first-order valence-electron chi connectivity index (χ1n) is 11.1. The summed E-state index contributed by atoms with van der Waals surface area (Å²) in [7, 11) is -3.68. The van der Waals surface area contributed by atoms with Crippen molar-refractivity contribution in [2.45, 2.75) is 55.6 Å². The van der Waals surface area contributed by atoms with Crippen LogP contribution in [0.3, 0.4) is 0 Å². The number of aliphatic imine (C=N–C) groups is 1. The average molecular weight is 522 g/mol. The third kappa shape index (κ3) is 3.94. The number of nitrogens with zero attached hydrogens (tertiary/aromatic N) is 4. The zero-order valence-corrected chi connectivity index (χ0v) is 21.0. The van der Waals surface area contributed by atoms with Crippen molar-refractivity contribution in [3.05, 3.63) is 52.7 Å². The SMILES string of the molecule is Cc1cc(C#N)cnc1C(=O)Nc1ccc(F)c([C@@]2(C)N=C(N)C(C)(C)[SH]3(=O)NCC(F)(F)C[C@@H]23)n1. The fourth-order valence-corrected chi connectivity index (χ4v) is 8.39. The van der Waals surface area contributed by atoms with Crippen molar-refractivity contribution in [1.82, 2.24) is 14.7 Å². The Labute approximate surface area is 207 Å². The van der Waals surface area contributed by atoms with Crippen LogP contribution in [-0.2, 0) is 15.7 Å². The summed E-state index contributed by atoms with van der Waals surface area (Å²) in [6, 6.07) is 5.64. The lowest BCUT2D eigenvalue weighted by Crippen LogP contribution is -2.72. The molecule has 0 saturated carbocycles. The van der Waals surface area contributed by atoms with Crippen LogP contribution >= 0.6 is 0 Å². The van der Waals surface area contributed by atoms with Crippen molar-refractivity contribution in [3.63, 3.8) is 0 Å². The lowest BCUT2D eigenvalue weighted by Gasteiger charge is -2.56. The average Bonchev–Trinajstić information content (AvgIpc) is 2.80. The summed E-state index contributed by atoms with van der Waals surface area (Å²) in [5.74, 6) is -4.92. The quantitative estimate of drug-likeness (QED) is 0.456. The van der Waals surface area contributed by atoms with Gasteiger partial charge in [0.05, 0.1) is 22.1 Å². The number of carbonyl (C=O) groups is 1. The van der Waals surface area contributed by atoms with Gasteiger partial charge in [0, 0.05) is 12.6 Å². The van der Waals surface area contributed by atoms with E-state index in [-0.39, 0.29) is 28.6 Å². The maximum absolute atomic E-state index is 15.2. The van der Waals surface area contributed by atoms with Crippen molar-refractivity contribution >= 4 is 27.7 Å². The van der Waals surface area contributed by atoms with Gasteiger partial charge in [-0.1, -0.05) is 0 Å². The normalized spacial score (nSPS) is 26.6. The van der Waals surface area contributed by atoms with E-state index in [1.165, 1.54) is 25.3 Å². The molecule has 0 aromatic carbocycles. The van der Waals surface area contributed by atoms with Gasteiger partial charge in [0.25, 0.3) is 11.8 Å². The first-order valence-corrected chi connectivity index (χ1v) is 12.9. The fourth-order valence-electron chi connectivity index (χ4n) is 4.73. The number of nitrogens with one attached hydrogen (secondary N) is 2. The number of rotatable bonds is 3. The molecule has 1 fully saturated rings. The van der Waals surface area contributed by atoms with Crippen LogP contribution in [0.5, 0.6) is 0 Å². The van der Waals surface area contributed by atoms with Crippen molar-refractivity contribution < 1.29 is 22.2 Å². The minimum absolute atomic E-state index is 0.0233. The van der Waals surface area contributed by atoms with E-state index in [9.17, 15) is 17.8 Å². The standard InChI is InChI=1S/C23H26F3N7O2S/c1-12-7-13(9-27)10-29-17(12)19(34)32-16-6-5-14(24)18(31-16)22(4)15-8-23(25,26)11-30-36(15,35)21(2,3)20(28)33-22/h5-7,10,15,36H,8,11H2,1-4H3,(H2,28,33)(H,30,35)(H,31,32,34)/t15-,22-/m0/s1. The number of alkyl halides is 2. The lowest BCUT2D eigenvalue weighted by molar-refractivity contribution is -0.0139. The summed E-state index contributed by atoms with van der Waals surface area (Å²) >= 11 is 0. The Morgan fingerprint density at radius 3 is 2.67 bits per heavy atom. The molecule has 2 aliphatic heterocycles. The van der Waals surface area contributed by atoms with Crippen LogP contribution in [-0.4, -0.2) is 48.4 Å². The largest absolute Gasteiger partial charge is 0.386 e. The highest BCUT2D eigenvalue weighted by Crippen LogP contribution is 2.50. The molecule has 2 aromatic rings. The van der Waals surface area contributed by atoms with E-state index in [1.54, 1.807) is 20.8 Å². The summed E-state index contributed by atoms with van der Waals surface area (Å²) in [4.78, 5) is 25.4. The number of carbonyl (C=O) groups excluding carboxylic acids is 1. The molecule has 0 radical (unpaired) electrons. The summed E-state index contributed by atoms with van der Waals surface area (Å²) in [6.45, 7) is 5.30. The number of amides is 1. The van der Waals surface area contributed by atoms with Crippen molar-refractivity contribution in [3.8, 4) is 6.07 Å². The minimum Gasteiger partial charge on any atom is -0.386 e. The summed E-state index contributed by atoms with van der Waals surface area (Å²) in [5, 5.41) is 10.2. The minimum atomic E-state index is -3.68. The number of hydrogen-bond acceptors (Lipinski definition) is 7. The number of amidine groups is 1. The molecule has 1 saturated heterocycles. The van der Waals surface area contributed by atoms with E-state index >= 15 is 4.39 Å². The predicted molar refractivity (Wildman–Crippen MR) is 130 cm³/mol. The molecule has 0 aliphatic carbocycles. The molecule has 2 atom stereocenters. The van der Waals surface area contributed by atoms with Crippen LogP contribution in [0.2, 0.25) is 0 Å². The molecule has 13 heteroatoms. The second-order valence-electron chi connectivity index (χ2n) is 9.75. The number of aryl methyl sites for hydroxylation is 1. The molecule has 4 heterocycles. The zero-order valence-electron chi connectivity index (χ0n) is 20.1. The number of pyridine rings is 2. The summed E-state index contributed by atoms with van der Waals surface area (Å²) < 4.78 is 59.7. The molecule has 4 rings (SSSR count). The van der Waals surface area contributed by atoms with Gasteiger partial charge in [0.1, 0.15) is 40.5 Å². The van der Waals surface area contributed by atoms with E-state index in [0.717, 1.165) is 6.07 Å². The van der Waals surface area contributed by atoms with E-state index in [0.29, 0.717) is 5.56 Å². The number of nitriles is 1. The van der Waals surface area contributed by atoms with E-state index in [4.69, 9.17) is 11.0 Å². The Kier molecular flexibility index (Phi) is 5.96. The smallest absolute Gasteiger partial charge is 0.275 e. The van der Waals surface area contributed by atoms with E-state index in [2.05, 4.69) is 25.0 Å². The predicted octanol–water partition coefficient (Wildman–Crippen LogP) is 2.34. The molecule has 4 N–H and O–H groups in total. The van der Waals surface area contributed by atoms with E-state index < -0.39 is 56.3 Å². The molecule has 2 aromatic heterocycles. The first-order chi connectivity index (χ1) is 16.6. The molecule has 192 valence electrons. The third-order valence-corrected chi connectivity index (χ3v) is 11.0. The van der Waals surface area contributed by atoms with Gasteiger partial charge in [-0.25, -0.2) is 23.1 Å². The maximum atomic E-state index is 15.2. The molecule has 0 bridgehead atoms. The topological polar surface area (TPSA) is 146 Å². The Morgan fingerprint density at radius 2 is 2.03 bits per heavy atom. The van der Waals surface area contributed by atoms with Gasteiger partial charge in [0.2, 0.25) is 0 Å². The third-order valence-electron chi connectivity index (χ3n) is 6.95. The van der Waals surface area contributed by atoms with Crippen molar-refractivity contribution in [2.75, 3.05) is 11.9 Å². The Morgan fingerprint density at radius 1 is 1.33 bits per heavy atom. The second-order valence-corrected chi connectivity index (χ2v) is 13.1. The van der Waals surface area contributed by atoms with Crippen LogP contribution in [0, 0.1) is 24.1 Å². The molecule has 2 aliphatic rings. The monoisotopic (exact) mass is 521 g/mol.